The first kappa shape index (κ1) is 20.7. The maximum Gasteiger partial charge on any atom is 0.236 e. The van der Waals surface area contributed by atoms with Crippen LogP contribution in [0.2, 0.25) is 0 Å². The van der Waals surface area contributed by atoms with Gasteiger partial charge in [-0.05, 0) is 58.8 Å². The lowest BCUT2D eigenvalue weighted by molar-refractivity contribution is -0.133. The van der Waals surface area contributed by atoms with Crippen LogP contribution >= 0.6 is 0 Å². The first-order valence-electron chi connectivity index (χ1n) is 11.0. The van der Waals surface area contributed by atoms with E-state index in [0.717, 1.165) is 68.3 Å². The third kappa shape index (κ3) is 4.61. The monoisotopic (exact) mass is 408 g/mol. The maximum atomic E-state index is 12.6. The first-order valence-corrected chi connectivity index (χ1v) is 11.0. The van der Waals surface area contributed by atoms with Gasteiger partial charge < -0.3 is 14.7 Å². The summed E-state index contributed by atoms with van der Waals surface area (Å²) in [7, 11) is 3.87. The Labute approximate surface area is 179 Å². The Bertz CT molecular complexity index is 885. The second-order valence-electron chi connectivity index (χ2n) is 8.73. The van der Waals surface area contributed by atoms with Crippen molar-refractivity contribution in [1.82, 2.24) is 24.8 Å². The Morgan fingerprint density at radius 1 is 1.20 bits per heavy atom. The zero-order valence-corrected chi connectivity index (χ0v) is 18.3. The molecule has 0 saturated carbocycles. The average Bonchev–Trinajstić information content (AvgIpc) is 2.74. The molecule has 2 aromatic rings. The summed E-state index contributed by atoms with van der Waals surface area (Å²) in [5, 5.41) is 0. The topological polar surface area (TPSA) is 65.5 Å². The number of likely N-dealkylation sites (N-methyl/N-ethyl adjacent to an activating group) is 1. The van der Waals surface area contributed by atoms with Crippen LogP contribution in [0.4, 0.5) is 5.82 Å². The van der Waals surface area contributed by atoms with E-state index in [4.69, 9.17) is 9.97 Å². The van der Waals surface area contributed by atoms with E-state index in [9.17, 15) is 4.79 Å². The fraction of sp³-hybridized carbons (Fsp3) is 0.565. The van der Waals surface area contributed by atoms with E-state index in [1.807, 2.05) is 42.2 Å². The van der Waals surface area contributed by atoms with Crippen molar-refractivity contribution in [3.05, 3.63) is 47.2 Å². The summed E-state index contributed by atoms with van der Waals surface area (Å²) < 4.78 is 0. The van der Waals surface area contributed by atoms with Gasteiger partial charge in [0.1, 0.15) is 11.6 Å². The molecule has 4 heterocycles. The van der Waals surface area contributed by atoms with Gasteiger partial charge in [-0.15, -0.1) is 0 Å². The van der Waals surface area contributed by atoms with E-state index in [1.54, 1.807) is 0 Å². The molecular formula is C23H32N6O. The number of hydrogen-bond acceptors (Lipinski definition) is 6. The van der Waals surface area contributed by atoms with E-state index >= 15 is 0 Å². The van der Waals surface area contributed by atoms with Crippen LogP contribution in [0.1, 0.15) is 48.0 Å². The molecular weight excluding hydrogens is 376 g/mol. The SMILES string of the molecule is Cc1nc(C2CCCN(C(=O)CN(C)C)C2)nc2c1CCCN2Cc1ccccn1. The highest BCUT2D eigenvalue weighted by atomic mass is 16.2. The number of aryl methyl sites for hydroxylation is 1. The third-order valence-corrected chi connectivity index (χ3v) is 6.03. The third-order valence-electron chi connectivity index (χ3n) is 6.03. The number of nitrogens with zero attached hydrogens (tertiary/aromatic N) is 6. The van der Waals surface area contributed by atoms with Gasteiger partial charge in [-0.3, -0.25) is 9.78 Å². The zero-order chi connectivity index (χ0) is 21.1. The highest BCUT2D eigenvalue weighted by molar-refractivity contribution is 5.78. The highest BCUT2D eigenvalue weighted by Gasteiger charge is 2.29. The molecule has 0 aromatic carbocycles. The lowest BCUT2D eigenvalue weighted by Crippen LogP contribution is -2.43. The van der Waals surface area contributed by atoms with Crippen LogP contribution in [0.3, 0.4) is 0 Å². The number of carbonyl (C=O) groups excluding carboxylic acids is 1. The van der Waals surface area contributed by atoms with E-state index in [2.05, 4.69) is 22.9 Å². The first-order chi connectivity index (χ1) is 14.5. The van der Waals surface area contributed by atoms with Crippen molar-refractivity contribution in [1.29, 1.82) is 0 Å². The number of likely N-dealkylation sites (tertiary alicyclic amines) is 1. The van der Waals surface area contributed by atoms with Gasteiger partial charge >= 0.3 is 0 Å². The largest absolute Gasteiger partial charge is 0.350 e. The molecule has 160 valence electrons. The van der Waals surface area contributed by atoms with E-state index in [-0.39, 0.29) is 11.8 Å². The molecule has 1 unspecified atom stereocenters. The van der Waals surface area contributed by atoms with Gasteiger partial charge in [-0.2, -0.15) is 0 Å². The smallest absolute Gasteiger partial charge is 0.236 e. The minimum atomic E-state index is 0.191. The second-order valence-corrected chi connectivity index (χ2v) is 8.73. The van der Waals surface area contributed by atoms with Crippen molar-refractivity contribution >= 4 is 11.7 Å². The second kappa shape index (κ2) is 9.08. The zero-order valence-electron chi connectivity index (χ0n) is 18.3. The van der Waals surface area contributed by atoms with Crippen LogP contribution in [0.5, 0.6) is 0 Å². The summed E-state index contributed by atoms with van der Waals surface area (Å²) in [5.74, 6) is 2.34. The van der Waals surface area contributed by atoms with Crippen molar-refractivity contribution < 1.29 is 4.79 Å². The molecule has 30 heavy (non-hydrogen) atoms. The number of amides is 1. The average molecular weight is 409 g/mol. The van der Waals surface area contributed by atoms with Crippen LogP contribution < -0.4 is 4.90 Å². The fourth-order valence-corrected chi connectivity index (χ4v) is 4.52. The van der Waals surface area contributed by atoms with Crippen LogP contribution in [0.25, 0.3) is 0 Å². The molecule has 1 saturated heterocycles. The van der Waals surface area contributed by atoms with Crippen molar-refractivity contribution in [3.63, 3.8) is 0 Å². The summed E-state index contributed by atoms with van der Waals surface area (Å²) in [5.41, 5.74) is 3.40. The Kier molecular flexibility index (Phi) is 6.27. The molecule has 0 radical (unpaired) electrons. The molecule has 2 aliphatic rings. The molecule has 1 atom stereocenters. The lowest BCUT2D eigenvalue weighted by Gasteiger charge is -2.35. The summed E-state index contributed by atoms with van der Waals surface area (Å²) >= 11 is 0. The van der Waals surface area contributed by atoms with Crippen LogP contribution in [-0.4, -0.2) is 70.9 Å². The number of hydrogen-bond donors (Lipinski definition) is 0. The Balaban J connectivity index is 1.57. The van der Waals surface area contributed by atoms with Crippen LogP contribution in [0.15, 0.2) is 24.4 Å². The van der Waals surface area contributed by atoms with E-state index in [1.165, 1.54) is 5.56 Å². The van der Waals surface area contributed by atoms with E-state index < -0.39 is 0 Å². The number of fused-ring (bicyclic) bond motifs is 1. The van der Waals surface area contributed by atoms with Gasteiger partial charge in [-0.25, -0.2) is 9.97 Å². The minimum Gasteiger partial charge on any atom is -0.350 e. The molecule has 7 heteroatoms. The Hall–Kier alpha value is -2.54. The molecule has 0 spiro atoms. The summed E-state index contributed by atoms with van der Waals surface area (Å²) in [6, 6.07) is 6.05. The molecule has 2 aromatic heterocycles. The number of carbonyl (C=O) groups is 1. The van der Waals surface area contributed by atoms with Crippen molar-refractivity contribution in [2.75, 3.05) is 45.2 Å². The predicted molar refractivity (Wildman–Crippen MR) is 117 cm³/mol. The Morgan fingerprint density at radius 3 is 2.83 bits per heavy atom. The quantitative estimate of drug-likeness (QED) is 0.757. The van der Waals surface area contributed by atoms with Gasteiger partial charge in [0.05, 0.1) is 18.8 Å². The summed E-state index contributed by atoms with van der Waals surface area (Å²) in [6.45, 7) is 5.85. The van der Waals surface area contributed by atoms with Gasteiger partial charge in [-0.1, -0.05) is 6.07 Å². The highest BCUT2D eigenvalue weighted by Crippen LogP contribution is 2.32. The van der Waals surface area contributed by atoms with Crippen LogP contribution in [0, 0.1) is 6.92 Å². The van der Waals surface area contributed by atoms with Gasteiger partial charge in [0.2, 0.25) is 5.91 Å². The van der Waals surface area contributed by atoms with Crippen LogP contribution in [-0.2, 0) is 17.8 Å². The molecule has 7 nitrogen and oxygen atoms in total. The summed E-state index contributed by atoms with van der Waals surface area (Å²) in [4.78, 5) is 33.3. The standard InChI is InChI=1S/C23H32N6O/c1-17-20-10-7-13-29(15-19-9-4-5-11-24-19)23(20)26-22(25-17)18-8-6-12-28(14-18)21(30)16-27(2)3/h4-5,9,11,18H,6-8,10,12-16H2,1-3H3. The predicted octanol–water partition coefficient (Wildman–Crippen LogP) is 2.40. The van der Waals surface area contributed by atoms with Crippen molar-refractivity contribution in [2.45, 2.75) is 45.1 Å². The lowest BCUT2D eigenvalue weighted by atomic mass is 9.96. The molecule has 0 aliphatic carbocycles. The van der Waals surface area contributed by atoms with Gasteiger partial charge in [0.25, 0.3) is 0 Å². The Morgan fingerprint density at radius 2 is 2.07 bits per heavy atom. The molecule has 1 amide bonds. The molecule has 0 N–H and O–H groups in total. The normalized spacial score (nSPS) is 19.1. The number of anilines is 1. The van der Waals surface area contributed by atoms with Gasteiger partial charge in [0, 0.05) is 43.0 Å². The maximum absolute atomic E-state index is 12.6. The number of pyridine rings is 1. The number of aromatic nitrogens is 3. The molecule has 1 fully saturated rings. The minimum absolute atomic E-state index is 0.191. The van der Waals surface area contributed by atoms with E-state index in [0.29, 0.717) is 13.1 Å². The van der Waals surface area contributed by atoms with Crippen molar-refractivity contribution in [3.8, 4) is 0 Å². The fourth-order valence-electron chi connectivity index (χ4n) is 4.52. The van der Waals surface area contributed by atoms with Crippen molar-refractivity contribution in [2.24, 2.45) is 0 Å². The number of rotatable bonds is 5. The number of piperidine rings is 1. The molecule has 0 bridgehead atoms. The molecule has 4 rings (SSSR count). The molecule has 2 aliphatic heterocycles. The summed E-state index contributed by atoms with van der Waals surface area (Å²) in [6.07, 6.45) is 6.02. The van der Waals surface area contributed by atoms with Gasteiger partial charge in [0.15, 0.2) is 0 Å².